The van der Waals surface area contributed by atoms with Crippen molar-refractivity contribution < 1.29 is 14.1 Å². The van der Waals surface area contributed by atoms with Crippen LogP contribution in [0.25, 0.3) is 0 Å². The van der Waals surface area contributed by atoms with Crippen LogP contribution in [0.3, 0.4) is 0 Å². The molecule has 1 atom stereocenters. The van der Waals surface area contributed by atoms with E-state index in [1.807, 2.05) is 6.92 Å². The number of halogens is 1. The fraction of sp³-hybridized carbons (Fsp3) is 0.385. The van der Waals surface area contributed by atoms with Crippen LogP contribution in [0.15, 0.2) is 18.2 Å². The highest BCUT2D eigenvalue weighted by Gasteiger charge is 2.24. The summed E-state index contributed by atoms with van der Waals surface area (Å²) in [6.07, 6.45) is 1.20. The predicted molar refractivity (Wildman–Crippen MR) is 80.2 cm³/mol. The number of hydrogen-bond donors (Lipinski definition) is 2. The number of Topliss-reactive ketones (excluding diaryl/α,β-unsaturated/α-hetero) is 1. The Morgan fingerprint density at radius 1 is 1.57 bits per heavy atom. The van der Waals surface area contributed by atoms with Gasteiger partial charge >= 0.3 is 0 Å². The quantitative estimate of drug-likeness (QED) is 0.264. The molecule has 114 valence electrons. The second kappa shape index (κ2) is 7.72. The third-order valence-electron chi connectivity index (χ3n) is 2.87. The lowest BCUT2D eigenvalue weighted by atomic mass is 9.94. The number of nitro benzene ring substituents is 1. The molecule has 0 saturated carbocycles. The first kappa shape index (κ1) is 17.1. The van der Waals surface area contributed by atoms with E-state index in [0.717, 1.165) is 30.0 Å². The van der Waals surface area contributed by atoms with Crippen LogP contribution in [0.2, 0.25) is 0 Å². The van der Waals surface area contributed by atoms with Gasteiger partial charge in [0.2, 0.25) is 0 Å². The summed E-state index contributed by atoms with van der Waals surface area (Å²) in [4.78, 5) is 22.4. The molecule has 6 nitrogen and oxygen atoms in total. The summed E-state index contributed by atoms with van der Waals surface area (Å²) in [6.45, 7) is 1.88. The Hall–Kier alpha value is -1.96. The molecule has 21 heavy (non-hydrogen) atoms. The molecular formula is C13H16FN3O3S. The number of rotatable bonds is 7. The van der Waals surface area contributed by atoms with Crippen molar-refractivity contribution in [3.63, 3.8) is 0 Å². The average molecular weight is 313 g/mol. The molecule has 0 bridgehead atoms. The molecule has 1 rings (SSSR count). The molecule has 1 aromatic rings. The number of ketones is 1. The number of nitrogens with one attached hydrogen (secondary N) is 1. The zero-order chi connectivity index (χ0) is 16.0. The fourth-order valence-electron chi connectivity index (χ4n) is 1.86. The highest BCUT2D eigenvalue weighted by Crippen LogP contribution is 2.24. The molecule has 0 aliphatic carbocycles. The summed E-state index contributed by atoms with van der Waals surface area (Å²) in [5.41, 5.74) is 4.63. The molecule has 0 radical (unpaired) electrons. The number of amidine groups is 1. The van der Waals surface area contributed by atoms with E-state index in [4.69, 9.17) is 11.1 Å². The van der Waals surface area contributed by atoms with Crippen molar-refractivity contribution in [3.8, 4) is 0 Å². The molecule has 0 aliphatic heterocycles. The third kappa shape index (κ3) is 4.82. The monoisotopic (exact) mass is 313 g/mol. The van der Waals surface area contributed by atoms with E-state index in [2.05, 4.69) is 0 Å². The van der Waals surface area contributed by atoms with Crippen molar-refractivity contribution >= 4 is 28.4 Å². The lowest BCUT2D eigenvalue weighted by Gasteiger charge is -2.14. The van der Waals surface area contributed by atoms with E-state index >= 15 is 0 Å². The van der Waals surface area contributed by atoms with Crippen molar-refractivity contribution in [2.45, 2.75) is 19.8 Å². The Balaban J connectivity index is 3.04. The second-order valence-electron chi connectivity index (χ2n) is 4.45. The van der Waals surface area contributed by atoms with Gasteiger partial charge in [0, 0.05) is 23.8 Å². The lowest BCUT2D eigenvalue weighted by Crippen LogP contribution is -2.20. The van der Waals surface area contributed by atoms with Gasteiger partial charge < -0.3 is 5.73 Å². The summed E-state index contributed by atoms with van der Waals surface area (Å²) < 4.78 is 13.8. The van der Waals surface area contributed by atoms with Crippen molar-refractivity contribution in [3.05, 3.63) is 39.7 Å². The predicted octanol–water partition coefficient (Wildman–Crippen LogP) is 2.96. The van der Waals surface area contributed by atoms with Gasteiger partial charge in [0.15, 0.2) is 11.0 Å². The first-order valence-electron chi connectivity index (χ1n) is 6.31. The fourth-order valence-corrected chi connectivity index (χ4v) is 2.56. The van der Waals surface area contributed by atoms with E-state index in [9.17, 15) is 19.3 Å². The van der Waals surface area contributed by atoms with E-state index in [1.54, 1.807) is 0 Å². The highest BCUT2D eigenvalue weighted by atomic mass is 32.2. The molecular weight excluding hydrogens is 297 g/mol. The largest absolute Gasteiger partial charge is 0.379 e. The van der Waals surface area contributed by atoms with Gasteiger partial charge in [0.1, 0.15) is 5.82 Å². The topological polar surface area (TPSA) is 110 Å². The maximum absolute atomic E-state index is 13.8. The number of benzene rings is 1. The Kier molecular flexibility index (Phi) is 6.29. The molecule has 1 unspecified atom stereocenters. The van der Waals surface area contributed by atoms with Gasteiger partial charge in [-0.05, 0) is 12.5 Å². The number of nitrogens with two attached hydrogens (primary N) is 1. The van der Waals surface area contributed by atoms with Crippen LogP contribution in [-0.4, -0.2) is 21.6 Å². The Labute approximate surface area is 125 Å². The Bertz CT molecular complexity index is 566. The van der Waals surface area contributed by atoms with Gasteiger partial charge in [-0.2, -0.15) is 0 Å². The number of nitrogens with zero attached hydrogens (tertiary/aromatic N) is 1. The molecule has 8 heteroatoms. The van der Waals surface area contributed by atoms with Crippen molar-refractivity contribution in [1.82, 2.24) is 0 Å². The minimum atomic E-state index is -0.778. The number of carbonyl (C=O) groups excluding carboxylic acids is 1. The maximum atomic E-state index is 13.8. The Morgan fingerprint density at radius 2 is 2.24 bits per heavy atom. The minimum Gasteiger partial charge on any atom is -0.379 e. The molecule has 0 aliphatic rings. The molecule has 0 fully saturated rings. The van der Waals surface area contributed by atoms with Crippen LogP contribution < -0.4 is 5.73 Å². The standard InChI is InChI=1S/C13H16FN3O3S/c1-2-3-8(7-21-13(15)16)12(18)10-6-9(17(19)20)4-5-11(10)14/h4-6,8H,2-3,7H2,1H3,(H3,15,16). The molecule has 0 amide bonds. The van der Waals surface area contributed by atoms with Gasteiger partial charge in [-0.15, -0.1) is 0 Å². The molecule has 0 heterocycles. The number of nitro groups is 1. The zero-order valence-corrected chi connectivity index (χ0v) is 12.3. The normalized spacial score (nSPS) is 11.9. The van der Waals surface area contributed by atoms with Gasteiger partial charge in [-0.25, -0.2) is 4.39 Å². The summed E-state index contributed by atoms with van der Waals surface area (Å²) in [7, 11) is 0. The zero-order valence-electron chi connectivity index (χ0n) is 11.5. The summed E-state index contributed by atoms with van der Waals surface area (Å²) in [6, 6.07) is 2.90. The van der Waals surface area contributed by atoms with Crippen LogP contribution in [0.5, 0.6) is 0 Å². The number of thioether (sulfide) groups is 1. The molecule has 0 spiro atoms. The summed E-state index contributed by atoms with van der Waals surface area (Å²) in [5.74, 6) is -1.55. The lowest BCUT2D eigenvalue weighted by molar-refractivity contribution is -0.384. The molecule has 3 N–H and O–H groups in total. The van der Waals surface area contributed by atoms with Crippen LogP contribution in [0.1, 0.15) is 30.1 Å². The van der Waals surface area contributed by atoms with Crippen LogP contribution in [0.4, 0.5) is 10.1 Å². The van der Waals surface area contributed by atoms with Crippen molar-refractivity contribution in [1.29, 1.82) is 5.41 Å². The van der Waals surface area contributed by atoms with Crippen LogP contribution >= 0.6 is 11.8 Å². The van der Waals surface area contributed by atoms with Gasteiger partial charge in [-0.3, -0.25) is 20.3 Å². The van der Waals surface area contributed by atoms with E-state index in [0.29, 0.717) is 12.8 Å². The highest BCUT2D eigenvalue weighted by molar-refractivity contribution is 8.13. The van der Waals surface area contributed by atoms with E-state index in [1.165, 1.54) is 0 Å². The number of carbonyl (C=O) groups is 1. The first-order chi connectivity index (χ1) is 9.86. The smallest absolute Gasteiger partial charge is 0.270 e. The Morgan fingerprint density at radius 3 is 2.76 bits per heavy atom. The second-order valence-corrected chi connectivity index (χ2v) is 5.51. The number of hydrogen-bond acceptors (Lipinski definition) is 5. The minimum absolute atomic E-state index is 0.122. The van der Waals surface area contributed by atoms with Crippen LogP contribution in [-0.2, 0) is 0 Å². The first-order valence-corrected chi connectivity index (χ1v) is 7.30. The summed E-state index contributed by atoms with van der Waals surface area (Å²) >= 11 is 1.00. The van der Waals surface area contributed by atoms with Crippen LogP contribution in [0, 0.1) is 27.3 Å². The van der Waals surface area contributed by atoms with Gasteiger partial charge in [0.25, 0.3) is 5.69 Å². The van der Waals surface area contributed by atoms with Gasteiger partial charge in [-0.1, -0.05) is 25.1 Å². The van der Waals surface area contributed by atoms with Crippen molar-refractivity contribution in [2.75, 3.05) is 5.75 Å². The average Bonchev–Trinajstić information content (AvgIpc) is 2.42. The maximum Gasteiger partial charge on any atom is 0.270 e. The van der Waals surface area contributed by atoms with Crippen molar-refractivity contribution in [2.24, 2.45) is 11.7 Å². The molecule has 0 saturated heterocycles. The number of non-ortho nitro benzene ring substituents is 1. The van der Waals surface area contributed by atoms with E-state index < -0.39 is 22.4 Å². The molecule has 0 aromatic heterocycles. The van der Waals surface area contributed by atoms with Gasteiger partial charge in [0.05, 0.1) is 10.5 Å². The molecule has 1 aromatic carbocycles. The van der Waals surface area contributed by atoms with E-state index in [-0.39, 0.29) is 22.2 Å². The SMILES string of the molecule is CCCC(CSC(=N)N)C(=O)c1cc([N+](=O)[O-])ccc1F. The third-order valence-corrected chi connectivity index (χ3v) is 3.75. The summed E-state index contributed by atoms with van der Waals surface area (Å²) in [5, 5.41) is 17.8.